The first-order chi connectivity index (χ1) is 11.9. The Balaban J connectivity index is 1.62. The Labute approximate surface area is 148 Å². The lowest BCUT2D eigenvalue weighted by Gasteiger charge is -2.34. The molecule has 0 unspecified atom stereocenters. The molecule has 0 aromatic heterocycles. The summed E-state index contributed by atoms with van der Waals surface area (Å²) in [6.45, 7) is 2.80. The van der Waals surface area contributed by atoms with Gasteiger partial charge in [0.1, 0.15) is 5.82 Å². The Bertz CT molecular complexity index is 740. The fourth-order valence-corrected chi connectivity index (χ4v) is 5.14. The molecule has 2 fully saturated rings. The van der Waals surface area contributed by atoms with Crippen LogP contribution in [-0.4, -0.2) is 55.9 Å². The van der Waals surface area contributed by atoms with Crippen LogP contribution in [-0.2, 0) is 10.0 Å². The lowest BCUT2D eigenvalue weighted by atomic mass is 10.2. The van der Waals surface area contributed by atoms with Gasteiger partial charge >= 0.3 is 6.03 Å². The van der Waals surface area contributed by atoms with Crippen LogP contribution in [0.5, 0.6) is 0 Å². The summed E-state index contributed by atoms with van der Waals surface area (Å²) < 4.78 is 40.1. The van der Waals surface area contributed by atoms with Crippen molar-refractivity contribution in [3.8, 4) is 0 Å². The first-order valence-electron chi connectivity index (χ1n) is 8.69. The maximum Gasteiger partial charge on any atom is 0.317 e. The highest BCUT2D eigenvalue weighted by Crippen LogP contribution is 2.22. The van der Waals surface area contributed by atoms with E-state index in [2.05, 4.69) is 5.32 Å². The summed E-state index contributed by atoms with van der Waals surface area (Å²) in [6.07, 6.45) is 4.33. The maximum absolute atomic E-state index is 13.2. The molecular weight excluding hydrogens is 345 g/mol. The van der Waals surface area contributed by atoms with E-state index >= 15 is 0 Å². The second kappa shape index (κ2) is 7.29. The predicted octanol–water partition coefficient (Wildman–Crippen LogP) is 2.09. The van der Waals surface area contributed by atoms with E-state index in [-0.39, 0.29) is 30.1 Å². The molecule has 0 bridgehead atoms. The quantitative estimate of drug-likeness (QED) is 0.887. The van der Waals surface area contributed by atoms with Crippen LogP contribution in [0.2, 0.25) is 0 Å². The van der Waals surface area contributed by atoms with E-state index in [1.165, 1.54) is 16.4 Å². The Morgan fingerprint density at radius 3 is 2.40 bits per heavy atom. The molecule has 2 aliphatic rings. The van der Waals surface area contributed by atoms with E-state index in [4.69, 9.17) is 0 Å². The second-order valence-corrected chi connectivity index (χ2v) is 8.64. The van der Waals surface area contributed by atoms with Gasteiger partial charge in [-0.25, -0.2) is 17.6 Å². The van der Waals surface area contributed by atoms with Gasteiger partial charge in [0.05, 0.1) is 4.90 Å². The molecular formula is C17H24FN3O3S. The van der Waals surface area contributed by atoms with Crippen molar-refractivity contribution < 1.29 is 17.6 Å². The largest absolute Gasteiger partial charge is 0.335 e. The van der Waals surface area contributed by atoms with Gasteiger partial charge in [0, 0.05) is 32.2 Å². The van der Waals surface area contributed by atoms with E-state index in [0.29, 0.717) is 18.7 Å². The smallest absolute Gasteiger partial charge is 0.317 e. The third kappa shape index (κ3) is 3.95. The predicted molar refractivity (Wildman–Crippen MR) is 92.3 cm³/mol. The zero-order valence-electron chi connectivity index (χ0n) is 14.4. The van der Waals surface area contributed by atoms with Gasteiger partial charge in [0.25, 0.3) is 0 Å². The van der Waals surface area contributed by atoms with Crippen LogP contribution in [0, 0.1) is 12.7 Å². The van der Waals surface area contributed by atoms with Crippen LogP contribution in [0.3, 0.4) is 0 Å². The van der Waals surface area contributed by atoms with Crippen molar-refractivity contribution >= 4 is 16.1 Å². The number of carbonyl (C=O) groups excluding carboxylic acids is 1. The normalized spacial score (nSPS) is 20.0. The van der Waals surface area contributed by atoms with Crippen molar-refractivity contribution in [2.75, 3.05) is 26.2 Å². The van der Waals surface area contributed by atoms with Gasteiger partial charge in [-0.2, -0.15) is 4.31 Å². The number of sulfonamides is 1. The summed E-state index contributed by atoms with van der Waals surface area (Å²) in [7, 11) is -3.67. The van der Waals surface area contributed by atoms with Crippen molar-refractivity contribution in [2.24, 2.45) is 0 Å². The number of halogens is 1. The fourth-order valence-electron chi connectivity index (χ4n) is 3.51. The third-order valence-corrected chi connectivity index (χ3v) is 7.02. The molecule has 1 aromatic rings. The number of piperazine rings is 1. The molecule has 1 saturated carbocycles. The zero-order chi connectivity index (χ0) is 18.0. The van der Waals surface area contributed by atoms with Crippen molar-refractivity contribution in [3.63, 3.8) is 0 Å². The van der Waals surface area contributed by atoms with Crippen LogP contribution < -0.4 is 5.32 Å². The molecule has 1 aliphatic carbocycles. The number of nitrogens with one attached hydrogen (secondary N) is 1. The monoisotopic (exact) mass is 369 g/mol. The number of hydrogen-bond donors (Lipinski definition) is 1. The van der Waals surface area contributed by atoms with Gasteiger partial charge in [0.2, 0.25) is 10.0 Å². The van der Waals surface area contributed by atoms with Gasteiger partial charge < -0.3 is 10.2 Å². The van der Waals surface area contributed by atoms with Crippen LogP contribution in [0.1, 0.15) is 31.2 Å². The van der Waals surface area contributed by atoms with Crippen molar-refractivity contribution in [1.29, 1.82) is 0 Å². The molecule has 25 heavy (non-hydrogen) atoms. The Hall–Kier alpha value is -1.67. The number of urea groups is 1. The molecule has 3 rings (SSSR count). The standard InChI is InChI=1S/C17H24FN3O3S/c1-13-12-14(18)6-7-16(13)25(23,24)21-10-8-20(9-11-21)17(22)19-15-4-2-3-5-15/h6-7,12,15H,2-5,8-11H2,1H3,(H,19,22). The van der Waals surface area contributed by atoms with Gasteiger partial charge in [-0.3, -0.25) is 0 Å². The van der Waals surface area contributed by atoms with Gasteiger partial charge in [-0.15, -0.1) is 0 Å². The fraction of sp³-hybridized carbons (Fsp3) is 0.588. The lowest BCUT2D eigenvalue weighted by Crippen LogP contribution is -2.54. The third-order valence-electron chi connectivity index (χ3n) is 4.96. The molecule has 0 spiro atoms. The molecule has 1 N–H and O–H groups in total. The Kier molecular flexibility index (Phi) is 5.29. The van der Waals surface area contributed by atoms with Crippen LogP contribution in [0.4, 0.5) is 9.18 Å². The molecule has 8 heteroatoms. The highest BCUT2D eigenvalue weighted by Gasteiger charge is 2.31. The summed E-state index contributed by atoms with van der Waals surface area (Å²) in [6, 6.07) is 3.82. The molecule has 1 aromatic carbocycles. The van der Waals surface area contributed by atoms with E-state index in [9.17, 15) is 17.6 Å². The van der Waals surface area contributed by atoms with Crippen LogP contribution in [0.25, 0.3) is 0 Å². The topological polar surface area (TPSA) is 69.7 Å². The molecule has 2 amide bonds. The van der Waals surface area contributed by atoms with Gasteiger partial charge in [-0.05, 0) is 43.5 Å². The number of benzene rings is 1. The second-order valence-electron chi connectivity index (χ2n) is 6.73. The number of rotatable bonds is 3. The molecule has 0 radical (unpaired) electrons. The van der Waals surface area contributed by atoms with Crippen LogP contribution in [0.15, 0.2) is 23.1 Å². The summed E-state index contributed by atoms with van der Waals surface area (Å²) in [5.74, 6) is -0.454. The number of amides is 2. The first kappa shape index (κ1) is 18.1. The van der Waals surface area contributed by atoms with Crippen molar-refractivity contribution in [1.82, 2.24) is 14.5 Å². The molecule has 1 aliphatic heterocycles. The maximum atomic E-state index is 13.2. The minimum Gasteiger partial charge on any atom is -0.335 e. The minimum atomic E-state index is -3.67. The van der Waals surface area contributed by atoms with Crippen molar-refractivity contribution in [3.05, 3.63) is 29.6 Å². The zero-order valence-corrected chi connectivity index (χ0v) is 15.2. The van der Waals surface area contributed by atoms with E-state index in [0.717, 1.165) is 31.7 Å². The van der Waals surface area contributed by atoms with E-state index < -0.39 is 15.8 Å². The van der Waals surface area contributed by atoms with Gasteiger partial charge in [-0.1, -0.05) is 12.8 Å². The molecule has 138 valence electrons. The highest BCUT2D eigenvalue weighted by molar-refractivity contribution is 7.89. The average Bonchev–Trinajstić information content (AvgIpc) is 3.07. The summed E-state index contributed by atoms with van der Waals surface area (Å²) in [4.78, 5) is 14.1. The number of aryl methyl sites for hydroxylation is 1. The molecule has 1 saturated heterocycles. The number of nitrogens with zero attached hydrogens (tertiary/aromatic N) is 2. The molecule has 1 heterocycles. The molecule has 6 nitrogen and oxygen atoms in total. The Morgan fingerprint density at radius 2 is 1.80 bits per heavy atom. The Morgan fingerprint density at radius 1 is 1.16 bits per heavy atom. The van der Waals surface area contributed by atoms with Crippen molar-refractivity contribution in [2.45, 2.75) is 43.5 Å². The SMILES string of the molecule is Cc1cc(F)ccc1S(=O)(=O)N1CCN(C(=O)NC2CCCC2)CC1. The van der Waals surface area contributed by atoms with Gasteiger partial charge in [0.15, 0.2) is 0 Å². The highest BCUT2D eigenvalue weighted by atomic mass is 32.2. The average molecular weight is 369 g/mol. The lowest BCUT2D eigenvalue weighted by molar-refractivity contribution is 0.169. The van der Waals surface area contributed by atoms with Crippen LogP contribution >= 0.6 is 0 Å². The molecule has 0 atom stereocenters. The summed E-state index contributed by atoms with van der Waals surface area (Å²) >= 11 is 0. The van der Waals surface area contributed by atoms with E-state index in [1.807, 2.05) is 0 Å². The number of carbonyl (C=O) groups is 1. The van der Waals surface area contributed by atoms with E-state index in [1.54, 1.807) is 11.8 Å². The first-order valence-corrected chi connectivity index (χ1v) is 10.1. The summed E-state index contributed by atoms with van der Waals surface area (Å²) in [5, 5.41) is 3.03. The number of hydrogen-bond acceptors (Lipinski definition) is 3. The summed E-state index contributed by atoms with van der Waals surface area (Å²) in [5.41, 5.74) is 0.390. The minimum absolute atomic E-state index is 0.109.